The molecule has 0 aliphatic carbocycles. The van der Waals surface area contributed by atoms with Crippen molar-refractivity contribution in [3.05, 3.63) is 51.8 Å². The standard InChI is InChI=1S/C14H17Cl2N3/c1-2-19-9-10(8-18-19)5-13(17)6-11-3-4-12(15)7-14(11)16/h3-4,7-9,13H,2,5-6,17H2,1H3. The zero-order valence-electron chi connectivity index (χ0n) is 10.8. The molecule has 2 aromatic rings. The molecule has 2 N–H and O–H groups in total. The third-order valence-corrected chi connectivity index (χ3v) is 3.59. The van der Waals surface area contributed by atoms with E-state index in [-0.39, 0.29) is 6.04 Å². The van der Waals surface area contributed by atoms with Gasteiger partial charge in [-0.1, -0.05) is 29.3 Å². The normalized spacial score (nSPS) is 12.6. The van der Waals surface area contributed by atoms with Crippen molar-refractivity contribution in [2.75, 3.05) is 0 Å². The summed E-state index contributed by atoms with van der Waals surface area (Å²) in [6.07, 6.45) is 5.42. The van der Waals surface area contributed by atoms with Crippen molar-refractivity contribution in [3.63, 3.8) is 0 Å². The van der Waals surface area contributed by atoms with E-state index in [9.17, 15) is 0 Å². The molecular weight excluding hydrogens is 281 g/mol. The Balaban J connectivity index is 1.98. The molecule has 0 fully saturated rings. The summed E-state index contributed by atoms with van der Waals surface area (Å²) in [5.74, 6) is 0. The lowest BCUT2D eigenvalue weighted by molar-refractivity contribution is 0.650. The molecule has 19 heavy (non-hydrogen) atoms. The average Bonchev–Trinajstić information content (AvgIpc) is 2.80. The number of hydrogen-bond donors (Lipinski definition) is 1. The third-order valence-electron chi connectivity index (χ3n) is 3.01. The zero-order chi connectivity index (χ0) is 13.8. The topological polar surface area (TPSA) is 43.8 Å². The van der Waals surface area contributed by atoms with Crippen LogP contribution >= 0.6 is 23.2 Å². The van der Waals surface area contributed by atoms with Crippen molar-refractivity contribution in [1.29, 1.82) is 0 Å². The summed E-state index contributed by atoms with van der Waals surface area (Å²) < 4.78 is 1.90. The largest absolute Gasteiger partial charge is 0.327 e. The van der Waals surface area contributed by atoms with Crippen LogP contribution in [0.1, 0.15) is 18.1 Å². The second-order valence-corrected chi connectivity index (χ2v) is 5.45. The molecule has 0 radical (unpaired) electrons. The molecule has 0 saturated carbocycles. The van der Waals surface area contributed by atoms with Crippen LogP contribution in [0.2, 0.25) is 10.0 Å². The fraction of sp³-hybridized carbons (Fsp3) is 0.357. The van der Waals surface area contributed by atoms with Gasteiger partial charge in [0.2, 0.25) is 0 Å². The van der Waals surface area contributed by atoms with Gasteiger partial charge in [0.1, 0.15) is 0 Å². The smallest absolute Gasteiger partial charge is 0.0522 e. The molecule has 1 aromatic heterocycles. The van der Waals surface area contributed by atoms with E-state index in [2.05, 4.69) is 12.0 Å². The molecule has 1 atom stereocenters. The SMILES string of the molecule is CCn1cc(CC(N)Cc2ccc(Cl)cc2Cl)cn1. The summed E-state index contributed by atoms with van der Waals surface area (Å²) in [5.41, 5.74) is 8.35. The number of aryl methyl sites for hydroxylation is 1. The summed E-state index contributed by atoms with van der Waals surface area (Å²) in [5, 5.41) is 5.56. The molecule has 0 aliphatic heterocycles. The monoisotopic (exact) mass is 297 g/mol. The van der Waals surface area contributed by atoms with E-state index in [4.69, 9.17) is 28.9 Å². The van der Waals surface area contributed by atoms with Gasteiger partial charge in [0.15, 0.2) is 0 Å². The van der Waals surface area contributed by atoms with Gasteiger partial charge in [-0.25, -0.2) is 0 Å². The molecule has 0 saturated heterocycles. The van der Waals surface area contributed by atoms with E-state index in [1.54, 1.807) is 6.07 Å². The Hall–Kier alpha value is -1.03. The third kappa shape index (κ3) is 3.96. The molecular formula is C14H17Cl2N3. The van der Waals surface area contributed by atoms with E-state index in [0.29, 0.717) is 10.0 Å². The van der Waals surface area contributed by atoms with E-state index in [1.165, 1.54) is 0 Å². The van der Waals surface area contributed by atoms with Crippen LogP contribution in [0.5, 0.6) is 0 Å². The Morgan fingerprint density at radius 1 is 1.32 bits per heavy atom. The summed E-state index contributed by atoms with van der Waals surface area (Å²) in [6, 6.07) is 5.54. The Morgan fingerprint density at radius 2 is 2.11 bits per heavy atom. The maximum Gasteiger partial charge on any atom is 0.0522 e. The summed E-state index contributed by atoms with van der Waals surface area (Å²) in [4.78, 5) is 0. The Bertz CT molecular complexity index is 551. The molecule has 3 nitrogen and oxygen atoms in total. The van der Waals surface area contributed by atoms with Crippen molar-refractivity contribution in [2.24, 2.45) is 5.73 Å². The van der Waals surface area contributed by atoms with Crippen LogP contribution < -0.4 is 5.73 Å². The van der Waals surface area contributed by atoms with E-state index < -0.39 is 0 Å². The van der Waals surface area contributed by atoms with E-state index in [0.717, 1.165) is 30.5 Å². The van der Waals surface area contributed by atoms with Gasteiger partial charge in [-0.15, -0.1) is 0 Å². The highest BCUT2D eigenvalue weighted by atomic mass is 35.5. The predicted octanol–water partition coefficient (Wildman–Crippen LogP) is 3.32. The van der Waals surface area contributed by atoms with Crippen molar-refractivity contribution in [3.8, 4) is 0 Å². The minimum Gasteiger partial charge on any atom is -0.327 e. The number of benzene rings is 1. The van der Waals surface area contributed by atoms with E-state index >= 15 is 0 Å². The van der Waals surface area contributed by atoms with Crippen LogP contribution in [0.15, 0.2) is 30.6 Å². The van der Waals surface area contributed by atoms with Gasteiger partial charge in [-0.05, 0) is 43.0 Å². The number of aromatic nitrogens is 2. The fourth-order valence-corrected chi connectivity index (χ4v) is 2.51. The molecule has 1 heterocycles. The van der Waals surface area contributed by atoms with Crippen LogP contribution in [0.3, 0.4) is 0 Å². The number of halogens is 2. The first-order valence-electron chi connectivity index (χ1n) is 6.29. The minimum absolute atomic E-state index is 0.0215. The molecule has 0 bridgehead atoms. The number of hydrogen-bond acceptors (Lipinski definition) is 2. The fourth-order valence-electron chi connectivity index (χ4n) is 2.03. The first-order chi connectivity index (χ1) is 9.08. The van der Waals surface area contributed by atoms with Gasteiger partial charge in [0.05, 0.1) is 6.20 Å². The summed E-state index contributed by atoms with van der Waals surface area (Å²) in [6.45, 7) is 2.93. The molecule has 102 valence electrons. The van der Waals surface area contributed by atoms with Crippen molar-refractivity contribution in [2.45, 2.75) is 32.4 Å². The van der Waals surface area contributed by atoms with Gasteiger partial charge in [-0.3, -0.25) is 4.68 Å². The van der Waals surface area contributed by atoms with Crippen LogP contribution in [-0.2, 0) is 19.4 Å². The molecule has 1 unspecified atom stereocenters. The highest BCUT2D eigenvalue weighted by molar-refractivity contribution is 6.35. The van der Waals surface area contributed by atoms with Crippen molar-refractivity contribution in [1.82, 2.24) is 9.78 Å². The molecule has 0 aliphatic rings. The lowest BCUT2D eigenvalue weighted by Crippen LogP contribution is -2.25. The van der Waals surface area contributed by atoms with Crippen molar-refractivity contribution < 1.29 is 0 Å². The Morgan fingerprint density at radius 3 is 2.74 bits per heavy atom. The first-order valence-corrected chi connectivity index (χ1v) is 7.05. The lowest BCUT2D eigenvalue weighted by Gasteiger charge is -2.12. The molecule has 1 aromatic carbocycles. The Kier molecular flexibility index (Phi) is 4.86. The van der Waals surface area contributed by atoms with Gasteiger partial charge in [-0.2, -0.15) is 5.10 Å². The molecule has 5 heteroatoms. The zero-order valence-corrected chi connectivity index (χ0v) is 12.3. The second-order valence-electron chi connectivity index (χ2n) is 4.61. The maximum atomic E-state index is 6.17. The van der Waals surface area contributed by atoms with Gasteiger partial charge >= 0.3 is 0 Å². The van der Waals surface area contributed by atoms with Crippen LogP contribution in [-0.4, -0.2) is 15.8 Å². The maximum absolute atomic E-state index is 6.17. The minimum atomic E-state index is 0.0215. The number of rotatable bonds is 5. The average molecular weight is 298 g/mol. The summed E-state index contributed by atoms with van der Waals surface area (Å²) in [7, 11) is 0. The van der Waals surface area contributed by atoms with Crippen molar-refractivity contribution >= 4 is 23.2 Å². The van der Waals surface area contributed by atoms with Crippen LogP contribution in [0.25, 0.3) is 0 Å². The molecule has 0 spiro atoms. The first kappa shape index (κ1) is 14.4. The Labute approximate surface area is 123 Å². The predicted molar refractivity (Wildman–Crippen MR) is 79.7 cm³/mol. The second kappa shape index (κ2) is 6.42. The lowest BCUT2D eigenvalue weighted by atomic mass is 10.0. The highest BCUT2D eigenvalue weighted by Crippen LogP contribution is 2.22. The molecule has 2 rings (SSSR count). The number of nitrogens with zero attached hydrogens (tertiary/aromatic N) is 2. The number of nitrogens with two attached hydrogens (primary N) is 1. The van der Waals surface area contributed by atoms with E-state index in [1.807, 2.05) is 29.2 Å². The summed E-state index contributed by atoms with van der Waals surface area (Å²) >= 11 is 12.0. The molecule has 0 amide bonds. The highest BCUT2D eigenvalue weighted by Gasteiger charge is 2.10. The van der Waals surface area contributed by atoms with Gasteiger partial charge in [0.25, 0.3) is 0 Å². The van der Waals surface area contributed by atoms with Gasteiger partial charge in [0, 0.05) is 28.8 Å². The van der Waals surface area contributed by atoms with Gasteiger partial charge < -0.3 is 5.73 Å². The quantitative estimate of drug-likeness (QED) is 0.920. The van der Waals surface area contributed by atoms with Crippen LogP contribution in [0, 0.1) is 0 Å². The van der Waals surface area contributed by atoms with Crippen LogP contribution in [0.4, 0.5) is 0 Å².